The molecule has 20 heavy (non-hydrogen) atoms. The standard InChI is InChI=1S/C13H17NO6/c1-9(12(16)18-2)20-11-5-3-10(4-6-11)14-13(17)19-8-7-15/h3-6,9,15H,7-8H2,1-2H3,(H,14,17). The zero-order chi connectivity index (χ0) is 15.0. The highest BCUT2D eigenvalue weighted by molar-refractivity contribution is 5.84. The Morgan fingerprint density at radius 1 is 1.30 bits per heavy atom. The number of methoxy groups -OCH3 is 1. The number of aliphatic hydroxyl groups excluding tert-OH is 1. The number of amides is 1. The van der Waals surface area contributed by atoms with Crippen LogP contribution in [0.1, 0.15) is 6.92 Å². The van der Waals surface area contributed by atoms with Crippen molar-refractivity contribution in [2.24, 2.45) is 0 Å². The minimum Gasteiger partial charge on any atom is -0.479 e. The second-order valence-electron chi connectivity index (χ2n) is 3.79. The molecule has 1 aromatic carbocycles. The first-order valence-electron chi connectivity index (χ1n) is 5.96. The molecule has 0 bridgehead atoms. The van der Waals surface area contributed by atoms with Crippen molar-refractivity contribution >= 4 is 17.7 Å². The van der Waals surface area contributed by atoms with Crippen molar-refractivity contribution in [1.29, 1.82) is 0 Å². The molecule has 0 aromatic heterocycles. The minimum atomic E-state index is -0.715. The van der Waals surface area contributed by atoms with Gasteiger partial charge in [0.15, 0.2) is 6.10 Å². The fraction of sp³-hybridized carbons (Fsp3) is 0.385. The highest BCUT2D eigenvalue weighted by Crippen LogP contribution is 2.17. The first kappa shape index (κ1) is 15.8. The molecule has 0 fully saturated rings. The summed E-state index contributed by atoms with van der Waals surface area (Å²) in [6.45, 7) is 1.28. The Hall–Kier alpha value is -2.28. The van der Waals surface area contributed by atoms with Crippen molar-refractivity contribution in [3.05, 3.63) is 24.3 Å². The first-order chi connectivity index (χ1) is 9.56. The minimum absolute atomic E-state index is 0.0658. The van der Waals surface area contributed by atoms with E-state index in [0.717, 1.165) is 0 Å². The lowest BCUT2D eigenvalue weighted by atomic mass is 10.3. The molecule has 7 nitrogen and oxygen atoms in total. The van der Waals surface area contributed by atoms with Crippen molar-refractivity contribution in [3.63, 3.8) is 0 Å². The Balaban J connectivity index is 2.52. The Labute approximate surface area is 116 Å². The molecule has 1 aromatic rings. The molecule has 0 saturated heterocycles. The van der Waals surface area contributed by atoms with E-state index in [4.69, 9.17) is 9.84 Å². The third kappa shape index (κ3) is 5.15. The number of esters is 1. The van der Waals surface area contributed by atoms with E-state index < -0.39 is 18.2 Å². The monoisotopic (exact) mass is 283 g/mol. The zero-order valence-electron chi connectivity index (χ0n) is 11.3. The second-order valence-corrected chi connectivity index (χ2v) is 3.79. The van der Waals surface area contributed by atoms with E-state index in [9.17, 15) is 9.59 Å². The molecule has 1 unspecified atom stereocenters. The van der Waals surface area contributed by atoms with Crippen LogP contribution in [0.15, 0.2) is 24.3 Å². The number of nitrogens with one attached hydrogen (secondary N) is 1. The van der Waals surface area contributed by atoms with Crippen molar-refractivity contribution in [2.75, 3.05) is 25.6 Å². The summed E-state index contributed by atoms with van der Waals surface area (Å²) in [4.78, 5) is 22.4. The van der Waals surface area contributed by atoms with Crippen LogP contribution in [0.4, 0.5) is 10.5 Å². The maximum Gasteiger partial charge on any atom is 0.411 e. The maximum absolute atomic E-state index is 11.2. The molecule has 7 heteroatoms. The number of aliphatic hydroxyl groups is 1. The molecule has 1 amide bonds. The lowest BCUT2D eigenvalue weighted by Gasteiger charge is -2.12. The molecular formula is C13H17NO6. The predicted molar refractivity (Wildman–Crippen MR) is 70.6 cm³/mol. The van der Waals surface area contributed by atoms with Gasteiger partial charge in [-0.3, -0.25) is 5.32 Å². The largest absolute Gasteiger partial charge is 0.479 e. The van der Waals surface area contributed by atoms with Crippen molar-refractivity contribution < 1.29 is 28.9 Å². The van der Waals surface area contributed by atoms with Crippen molar-refractivity contribution in [3.8, 4) is 5.75 Å². The summed E-state index contributed by atoms with van der Waals surface area (Å²) < 4.78 is 14.5. The van der Waals surface area contributed by atoms with Gasteiger partial charge in [0.25, 0.3) is 0 Å². The van der Waals surface area contributed by atoms with E-state index in [1.165, 1.54) is 7.11 Å². The van der Waals surface area contributed by atoms with E-state index >= 15 is 0 Å². The average Bonchev–Trinajstić information content (AvgIpc) is 2.46. The number of hydrogen-bond donors (Lipinski definition) is 2. The van der Waals surface area contributed by atoms with Crippen LogP contribution in [0.3, 0.4) is 0 Å². The zero-order valence-corrected chi connectivity index (χ0v) is 11.3. The SMILES string of the molecule is COC(=O)C(C)Oc1ccc(NC(=O)OCCO)cc1. The van der Waals surface area contributed by atoms with Gasteiger partial charge in [-0.2, -0.15) is 0 Å². The van der Waals surface area contributed by atoms with Gasteiger partial charge in [0, 0.05) is 5.69 Å². The van der Waals surface area contributed by atoms with Gasteiger partial charge in [-0.05, 0) is 31.2 Å². The first-order valence-corrected chi connectivity index (χ1v) is 5.96. The second kappa shape index (κ2) is 8.00. The number of carbonyl (C=O) groups is 2. The number of rotatable bonds is 6. The molecule has 2 N–H and O–H groups in total. The highest BCUT2D eigenvalue weighted by Gasteiger charge is 2.14. The molecule has 0 heterocycles. The van der Waals surface area contributed by atoms with Crippen LogP contribution in [-0.4, -0.2) is 43.6 Å². The molecule has 1 atom stereocenters. The van der Waals surface area contributed by atoms with Gasteiger partial charge in [0.05, 0.1) is 13.7 Å². The molecule has 0 radical (unpaired) electrons. The number of anilines is 1. The molecule has 0 aliphatic carbocycles. The average molecular weight is 283 g/mol. The van der Waals surface area contributed by atoms with Crippen LogP contribution in [0.5, 0.6) is 5.75 Å². The van der Waals surface area contributed by atoms with Crippen LogP contribution in [-0.2, 0) is 14.3 Å². The topological polar surface area (TPSA) is 94.1 Å². The lowest BCUT2D eigenvalue weighted by molar-refractivity contribution is -0.147. The van der Waals surface area contributed by atoms with E-state index in [1.54, 1.807) is 31.2 Å². The molecule has 1 rings (SSSR count). The van der Waals surface area contributed by atoms with Gasteiger partial charge < -0.3 is 19.3 Å². The fourth-order valence-corrected chi connectivity index (χ4v) is 1.33. The van der Waals surface area contributed by atoms with Gasteiger partial charge >= 0.3 is 12.1 Å². The Morgan fingerprint density at radius 3 is 2.50 bits per heavy atom. The highest BCUT2D eigenvalue weighted by atomic mass is 16.6. The lowest BCUT2D eigenvalue weighted by Crippen LogP contribution is -2.24. The quantitative estimate of drug-likeness (QED) is 0.761. The van der Waals surface area contributed by atoms with Gasteiger partial charge in [-0.1, -0.05) is 0 Å². The number of ether oxygens (including phenoxy) is 3. The van der Waals surface area contributed by atoms with Crippen LogP contribution in [0, 0.1) is 0 Å². The Morgan fingerprint density at radius 2 is 1.95 bits per heavy atom. The van der Waals surface area contributed by atoms with E-state index in [1.807, 2.05) is 0 Å². The fourth-order valence-electron chi connectivity index (χ4n) is 1.33. The summed E-state index contributed by atoms with van der Waals surface area (Å²) >= 11 is 0. The summed E-state index contributed by atoms with van der Waals surface area (Å²) in [6, 6.07) is 6.39. The summed E-state index contributed by atoms with van der Waals surface area (Å²) in [6.07, 6.45) is -1.37. The molecular weight excluding hydrogens is 266 g/mol. The number of carbonyl (C=O) groups excluding carboxylic acids is 2. The third-order valence-electron chi connectivity index (χ3n) is 2.27. The van der Waals surface area contributed by atoms with Crippen LogP contribution >= 0.6 is 0 Å². The normalized spacial score (nSPS) is 11.3. The van der Waals surface area contributed by atoms with Crippen molar-refractivity contribution in [2.45, 2.75) is 13.0 Å². The summed E-state index contributed by atoms with van der Waals surface area (Å²) in [5.74, 6) is -0.00282. The Bertz CT molecular complexity index is 445. The van der Waals surface area contributed by atoms with Crippen molar-refractivity contribution in [1.82, 2.24) is 0 Å². The molecule has 0 aliphatic heterocycles. The van der Waals surface area contributed by atoms with Crippen LogP contribution < -0.4 is 10.1 Å². The third-order valence-corrected chi connectivity index (χ3v) is 2.27. The van der Waals surface area contributed by atoms with Gasteiger partial charge in [-0.15, -0.1) is 0 Å². The summed E-state index contributed by atoms with van der Waals surface area (Å²) in [7, 11) is 1.28. The van der Waals surface area contributed by atoms with Gasteiger partial charge in [0.2, 0.25) is 0 Å². The molecule has 0 aliphatic rings. The molecule has 0 saturated carbocycles. The molecule has 110 valence electrons. The van der Waals surface area contributed by atoms with Gasteiger partial charge in [0.1, 0.15) is 12.4 Å². The van der Waals surface area contributed by atoms with E-state index in [2.05, 4.69) is 14.8 Å². The number of hydrogen-bond acceptors (Lipinski definition) is 6. The maximum atomic E-state index is 11.2. The smallest absolute Gasteiger partial charge is 0.411 e. The van der Waals surface area contributed by atoms with E-state index in [-0.39, 0.29) is 13.2 Å². The van der Waals surface area contributed by atoms with Gasteiger partial charge in [-0.25, -0.2) is 9.59 Å². The molecule has 0 spiro atoms. The number of benzene rings is 1. The van der Waals surface area contributed by atoms with Crippen LogP contribution in [0.2, 0.25) is 0 Å². The Kier molecular flexibility index (Phi) is 6.31. The summed E-state index contributed by atoms with van der Waals surface area (Å²) in [5, 5.41) is 11.0. The predicted octanol–water partition coefficient (Wildman–Crippen LogP) is 1.17. The summed E-state index contributed by atoms with van der Waals surface area (Å²) in [5.41, 5.74) is 0.506. The van der Waals surface area contributed by atoms with Crippen LogP contribution in [0.25, 0.3) is 0 Å². The van der Waals surface area contributed by atoms with E-state index in [0.29, 0.717) is 11.4 Å².